The van der Waals surface area contributed by atoms with Crippen molar-refractivity contribution in [2.24, 2.45) is 0 Å². The molecular formula is C24H33NO5Si. The van der Waals surface area contributed by atoms with E-state index in [1.807, 2.05) is 0 Å². The fourth-order valence-electron chi connectivity index (χ4n) is 5.26. The average Bonchev–Trinajstić information content (AvgIpc) is 3.27. The minimum Gasteiger partial charge on any atom is -0.459 e. The molecule has 0 radical (unpaired) electrons. The summed E-state index contributed by atoms with van der Waals surface area (Å²) in [5, 5.41) is 0.0707. The van der Waals surface area contributed by atoms with Crippen LogP contribution in [-0.2, 0) is 20.5 Å². The van der Waals surface area contributed by atoms with E-state index in [9.17, 15) is 4.79 Å². The minimum atomic E-state index is -2.07. The van der Waals surface area contributed by atoms with E-state index in [0.717, 1.165) is 31.0 Å². The zero-order valence-electron chi connectivity index (χ0n) is 19.4. The van der Waals surface area contributed by atoms with Gasteiger partial charge in [-0.1, -0.05) is 32.4 Å². The Morgan fingerprint density at radius 2 is 1.90 bits per heavy atom. The summed E-state index contributed by atoms with van der Waals surface area (Å²) in [6.45, 7) is 14.9. The highest BCUT2D eigenvalue weighted by molar-refractivity contribution is 6.74. The summed E-state index contributed by atoms with van der Waals surface area (Å²) in [6, 6.07) is 4.47. The lowest BCUT2D eigenvalue weighted by Gasteiger charge is -2.49. The van der Waals surface area contributed by atoms with Crippen molar-refractivity contribution in [3.63, 3.8) is 0 Å². The summed E-state index contributed by atoms with van der Waals surface area (Å²) in [6.07, 6.45) is 2.71. The van der Waals surface area contributed by atoms with Crippen LogP contribution in [0.5, 0.6) is 11.5 Å². The lowest BCUT2D eigenvalue weighted by atomic mass is 9.73. The Labute approximate surface area is 185 Å². The van der Waals surface area contributed by atoms with Gasteiger partial charge in [-0.05, 0) is 47.8 Å². The molecule has 0 N–H and O–H groups in total. The number of nitrogens with zero attached hydrogens (tertiary/aromatic N) is 1. The van der Waals surface area contributed by atoms with Crippen molar-refractivity contribution < 1.29 is 23.4 Å². The highest BCUT2D eigenvalue weighted by Crippen LogP contribution is 2.51. The van der Waals surface area contributed by atoms with E-state index in [1.165, 1.54) is 23.6 Å². The number of ether oxygens (including phenoxy) is 3. The maximum Gasteiger partial charge on any atom is 0.303 e. The molecule has 3 aliphatic heterocycles. The standard InChI is InChI=1S/C24H33NO5Si/c1-14(26)29-23-20(30-31(5,6)24(2,3)4)9-15-7-8-25-12-16-10-18-19(28-13-27-18)11-17(16)21(23)22(15)25/h9-11,20-23H,7-8,12-13H2,1-6H3/t20-,21-,22+,23+/m0/s1. The Bertz CT molecular complexity index is 950. The number of hydrogen-bond donors (Lipinski definition) is 0. The predicted octanol–water partition coefficient (Wildman–Crippen LogP) is 4.35. The minimum absolute atomic E-state index is 0.0272. The van der Waals surface area contributed by atoms with Crippen molar-refractivity contribution >= 4 is 14.3 Å². The van der Waals surface area contributed by atoms with Gasteiger partial charge in [-0.3, -0.25) is 9.69 Å². The van der Waals surface area contributed by atoms with Crippen molar-refractivity contribution in [1.82, 2.24) is 4.90 Å². The van der Waals surface area contributed by atoms with Crippen LogP contribution in [0, 0.1) is 0 Å². The van der Waals surface area contributed by atoms with E-state index in [-0.39, 0.29) is 42.0 Å². The average molecular weight is 444 g/mol. The van der Waals surface area contributed by atoms with Crippen molar-refractivity contribution in [1.29, 1.82) is 0 Å². The Kier molecular flexibility index (Phi) is 4.81. The molecular weight excluding hydrogens is 410 g/mol. The second-order valence-corrected chi connectivity index (χ2v) is 15.5. The summed E-state index contributed by atoms with van der Waals surface area (Å²) in [4.78, 5) is 14.7. The van der Waals surface area contributed by atoms with Crippen LogP contribution < -0.4 is 9.47 Å². The van der Waals surface area contributed by atoms with Crippen molar-refractivity contribution in [3.8, 4) is 11.5 Å². The summed E-state index contributed by atoms with van der Waals surface area (Å²) in [5.41, 5.74) is 3.85. The van der Waals surface area contributed by atoms with Crippen LogP contribution in [0.3, 0.4) is 0 Å². The van der Waals surface area contributed by atoms with E-state index in [4.69, 9.17) is 18.6 Å². The molecule has 1 aromatic carbocycles. The van der Waals surface area contributed by atoms with Gasteiger partial charge in [0.25, 0.3) is 0 Å². The molecule has 0 spiro atoms. The summed E-state index contributed by atoms with van der Waals surface area (Å²) < 4.78 is 24.3. The molecule has 1 aromatic rings. The topological polar surface area (TPSA) is 57.2 Å². The van der Waals surface area contributed by atoms with Gasteiger partial charge < -0.3 is 18.6 Å². The third kappa shape index (κ3) is 3.41. The Hall–Kier alpha value is -1.83. The van der Waals surface area contributed by atoms with Crippen LogP contribution in [0.2, 0.25) is 18.1 Å². The number of carbonyl (C=O) groups excluding carboxylic acids is 1. The van der Waals surface area contributed by atoms with Crippen molar-refractivity contribution in [2.75, 3.05) is 13.3 Å². The zero-order valence-corrected chi connectivity index (χ0v) is 20.4. The molecule has 168 valence electrons. The lowest BCUT2D eigenvalue weighted by Crippen LogP contribution is -2.55. The van der Waals surface area contributed by atoms with Crippen LogP contribution in [0.15, 0.2) is 23.8 Å². The molecule has 4 atom stereocenters. The van der Waals surface area contributed by atoms with Gasteiger partial charge in [-0.15, -0.1) is 0 Å². The van der Waals surface area contributed by atoms with Gasteiger partial charge in [0, 0.05) is 32.0 Å². The molecule has 1 saturated heterocycles. The smallest absolute Gasteiger partial charge is 0.303 e. The van der Waals surface area contributed by atoms with Gasteiger partial charge in [-0.25, -0.2) is 0 Å². The van der Waals surface area contributed by atoms with Gasteiger partial charge in [0.2, 0.25) is 6.79 Å². The van der Waals surface area contributed by atoms with Gasteiger partial charge >= 0.3 is 5.97 Å². The first-order valence-electron chi connectivity index (χ1n) is 11.3. The van der Waals surface area contributed by atoms with Gasteiger partial charge in [0.1, 0.15) is 12.2 Å². The zero-order chi connectivity index (χ0) is 22.1. The van der Waals surface area contributed by atoms with Crippen LogP contribution in [-0.4, -0.2) is 50.8 Å². The van der Waals surface area contributed by atoms with Crippen LogP contribution in [0.1, 0.15) is 51.2 Å². The van der Waals surface area contributed by atoms with E-state index in [2.05, 4.69) is 57.0 Å². The Morgan fingerprint density at radius 1 is 1.19 bits per heavy atom. The van der Waals surface area contributed by atoms with Crippen LogP contribution >= 0.6 is 0 Å². The first kappa shape index (κ1) is 21.0. The second-order valence-electron chi connectivity index (χ2n) is 10.8. The molecule has 4 aliphatic rings. The summed E-state index contributed by atoms with van der Waals surface area (Å²) in [5.74, 6) is 1.35. The highest BCUT2D eigenvalue weighted by atomic mass is 28.4. The molecule has 0 amide bonds. The third-order valence-electron chi connectivity index (χ3n) is 7.76. The molecule has 5 rings (SSSR count). The number of hydrogen-bond acceptors (Lipinski definition) is 6. The molecule has 1 aliphatic carbocycles. The van der Waals surface area contributed by atoms with Gasteiger partial charge in [-0.2, -0.15) is 0 Å². The molecule has 0 unspecified atom stereocenters. The molecule has 0 bridgehead atoms. The van der Waals surface area contributed by atoms with Crippen molar-refractivity contribution in [3.05, 3.63) is 34.9 Å². The molecule has 7 heteroatoms. The van der Waals surface area contributed by atoms with Crippen LogP contribution in [0.25, 0.3) is 0 Å². The number of esters is 1. The van der Waals surface area contributed by atoms with Gasteiger partial charge in [0.05, 0.1) is 0 Å². The molecule has 6 nitrogen and oxygen atoms in total. The van der Waals surface area contributed by atoms with E-state index in [0.29, 0.717) is 0 Å². The number of carbonyl (C=O) groups is 1. The third-order valence-corrected chi connectivity index (χ3v) is 12.2. The Balaban J connectivity index is 1.61. The first-order chi connectivity index (χ1) is 14.5. The predicted molar refractivity (Wildman–Crippen MR) is 120 cm³/mol. The van der Waals surface area contributed by atoms with Gasteiger partial charge in [0.15, 0.2) is 19.8 Å². The monoisotopic (exact) mass is 443 g/mol. The number of rotatable bonds is 3. The number of fused-ring (bicyclic) bond motifs is 3. The van der Waals surface area contributed by atoms with E-state index in [1.54, 1.807) is 0 Å². The molecule has 31 heavy (non-hydrogen) atoms. The fraction of sp³-hybridized carbons (Fsp3) is 0.625. The van der Waals surface area contributed by atoms with E-state index < -0.39 is 8.32 Å². The molecule has 0 saturated carbocycles. The maximum absolute atomic E-state index is 12.2. The quantitative estimate of drug-likeness (QED) is 0.393. The lowest BCUT2D eigenvalue weighted by molar-refractivity contribution is -0.153. The molecule has 1 fully saturated rings. The fourth-order valence-corrected chi connectivity index (χ4v) is 6.50. The van der Waals surface area contributed by atoms with E-state index >= 15 is 0 Å². The largest absolute Gasteiger partial charge is 0.459 e. The number of benzene rings is 1. The SMILES string of the molecule is CC(=O)O[C@H]1[C@H]2c3cc4c(cc3CN3CCC(=C[C@@H]1O[Si](C)(C)C(C)(C)C)[C@H]23)OCO4. The molecule has 3 heterocycles. The first-order valence-corrected chi connectivity index (χ1v) is 14.2. The second kappa shape index (κ2) is 7.09. The normalized spacial score (nSPS) is 29.3. The molecule has 0 aromatic heterocycles. The Morgan fingerprint density at radius 3 is 2.58 bits per heavy atom. The van der Waals surface area contributed by atoms with Crippen molar-refractivity contribution in [2.45, 2.75) is 83.0 Å². The summed E-state index contributed by atoms with van der Waals surface area (Å²) in [7, 11) is -2.07. The summed E-state index contributed by atoms with van der Waals surface area (Å²) >= 11 is 0. The van der Waals surface area contributed by atoms with Crippen LogP contribution in [0.4, 0.5) is 0 Å². The highest BCUT2D eigenvalue weighted by Gasteiger charge is 2.53. The maximum atomic E-state index is 12.2.